The van der Waals surface area contributed by atoms with Crippen LogP contribution in [0.1, 0.15) is 31.2 Å². The van der Waals surface area contributed by atoms with Gasteiger partial charge in [0.2, 0.25) is 0 Å². The predicted octanol–water partition coefficient (Wildman–Crippen LogP) is 2.70. The van der Waals surface area contributed by atoms with Gasteiger partial charge in [0.05, 0.1) is 32.8 Å². The average Bonchev–Trinajstić information content (AvgIpc) is 2.42. The monoisotopic (exact) mass is 264 g/mol. The number of carbonyl (C=O) groups is 1. The van der Waals surface area contributed by atoms with Crippen LogP contribution in [0.25, 0.3) is 0 Å². The first-order valence-corrected chi connectivity index (χ1v) is 6.68. The first-order chi connectivity index (χ1) is 9.28. The third kappa shape index (κ3) is 4.56. The molecular formula is C15H20O4. The van der Waals surface area contributed by atoms with Gasteiger partial charge in [-0.1, -0.05) is 12.1 Å². The summed E-state index contributed by atoms with van der Waals surface area (Å²) in [6, 6.07) is 7.76. The van der Waals surface area contributed by atoms with Gasteiger partial charge in [0.1, 0.15) is 5.75 Å². The largest absolute Gasteiger partial charge is 0.497 e. The SMILES string of the molecule is COc1ccc(CO[C@H]2CCCCOC(=O)C2)cc1. The Morgan fingerprint density at radius 1 is 1.26 bits per heavy atom. The van der Waals surface area contributed by atoms with E-state index in [1.165, 1.54) is 0 Å². The van der Waals surface area contributed by atoms with Gasteiger partial charge in [-0.3, -0.25) is 4.79 Å². The second kappa shape index (κ2) is 7.14. The number of hydrogen-bond acceptors (Lipinski definition) is 4. The van der Waals surface area contributed by atoms with E-state index in [1.54, 1.807) is 7.11 Å². The van der Waals surface area contributed by atoms with E-state index in [0.29, 0.717) is 19.6 Å². The van der Waals surface area contributed by atoms with Crippen LogP contribution in [0, 0.1) is 0 Å². The van der Waals surface area contributed by atoms with Crippen LogP contribution in [0.3, 0.4) is 0 Å². The van der Waals surface area contributed by atoms with Crippen LogP contribution in [-0.2, 0) is 20.9 Å². The molecule has 104 valence electrons. The van der Waals surface area contributed by atoms with Gasteiger partial charge in [0, 0.05) is 0 Å². The second-order valence-corrected chi connectivity index (χ2v) is 4.70. The molecule has 0 amide bonds. The van der Waals surface area contributed by atoms with Crippen molar-refractivity contribution in [3.05, 3.63) is 29.8 Å². The van der Waals surface area contributed by atoms with Gasteiger partial charge >= 0.3 is 5.97 Å². The Bertz CT molecular complexity index is 399. The zero-order valence-corrected chi connectivity index (χ0v) is 11.3. The predicted molar refractivity (Wildman–Crippen MR) is 71.0 cm³/mol. The Balaban J connectivity index is 1.83. The van der Waals surface area contributed by atoms with Gasteiger partial charge in [0.25, 0.3) is 0 Å². The zero-order valence-electron chi connectivity index (χ0n) is 11.3. The Hall–Kier alpha value is -1.55. The molecule has 0 radical (unpaired) electrons. The fraction of sp³-hybridized carbons (Fsp3) is 0.533. The van der Waals surface area contributed by atoms with E-state index < -0.39 is 0 Å². The van der Waals surface area contributed by atoms with E-state index in [1.807, 2.05) is 24.3 Å². The molecule has 4 nitrogen and oxygen atoms in total. The summed E-state index contributed by atoms with van der Waals surface area (Å²) in [5.74, 6) is 0.678. The van der Waals surface area contributed by atoms with Crippen LogP contribution in [-0.4, -0.2) is 25.8 Å². The molecule has 1 aromatic rings. The van der Waals surface area contributed by atoms with Gasteiger partial charge in [-0.25, -0.2) is 0 Å². The third-order valence-corrected chi connectivity index (χ3v) is 3.22. The minimum Gasteiger partial charge on any atom is -0.497 e. The van der Waals surface area contributed by atoms with Crippen molar-refractivity contribution in [1.82, 2.24) is 0 Å². The minimum atomic E-state index is -0.153. The number of methoxy groups -OCH3 is 1. The van der Waals surface area contributed by atoms with Crippen LogP contribution in [0.5, 0.6) is 5.75 Å². The van der Waals surface area contributed by atoms with Crippen LogP contribution >= 0.6 is 0 Å². The van der Waals surface area contributed by atoms with Crippen molar-refractivity contribution in [3.63, 3.8) is 0 Å². The number of carbonyl (C=O) groups excluding carboxylic acids is 1. The molecule has 1 atom stereocenters. The highest BCUT2D eigenvalue weighted by Gasteiger charge is 2.18. The summed E-state index contributed by atoms with van der Waals surface area (Å²) in [5, 5.41) is 0. The molecule has 0 spiro atoms. The van der Waals surface area contributed by atoms with Crippen LogP contribution in [0.15, 0.2) is 24.3 Å². The fourth-order valence-electron chi connectivity index (χ4n) is 2.09. The maximum atomic E-state index is 11.4. The zero-order chi connectivity index (χ0) is 13.5. The molecule has 0 aliphatic carbocycles. The second-order valence-electron chi connectivity index (χ2n) is 4.70. The Labute approximate surface area is 113 Å². The molecule has 1 aliphatic heterocycles. The lowest BCUT2D eigenvalue weighted by Crippen LogP contribution is -2.22. The van der Waals surface area contributed by atoms with E-state index in [-0.39, 0.29) is 12.1 Å². The smallest absolute Gasteiger partial charge is 0.308 e. The number of cyclic esters (lactones) is 1. The lowest BCUT2D eigenvalue weighted by atomic mass is 10.1. The molecular weight excluding hydrogens is 244 g/mol. The number of rotatable bonds is 4. The summed E-state index contributed by atoms with van der Waals surface area (Å²) >= 11 is 0. The highest BCUT2D eigenvalue weighted by molar-refractivity contribution is 5.70. The maximum absolute atomic E-state index is 11.4. The first kappa shape index (κ1) is 13.9. The lowest BCUT2D eigenvalue weighted by Gasteiger charge is -2.20. The van der Waals surface area contributed by atoms with Crippen molar-refractivity contribution in [2.45, 2.75) is 38.4 Å². The summed E-state index contributed by atoms with van der Waals surface area (Å²) < 4.78 is 16.0. The molecule has 2 rings (SSSR count). The molecule has 1 fully saturated rings. The molecule has 19 heavy (non-hydrogen) atoms. The topological polar surface area (TPSA) is 44.8 Å². The molecule has 1 saturated heterocycles. The summed E-state index contributed by atoms with van der Waals surface area (Å²) in [6.07, 6.45) is 3.21. The highest BCUT2D eigenvalue weighted by Crippen LogP contribution is 2.17. The molecule has 1 aliphatic rings. The van der Waals surface area contributed by atoms with Crippen molar-refractivity contribution in [1.29, 1.82) is 0 Å². The molecule has 4 heteroatoms. The molecule has 0 aromatic heterocycles. The molecule has 0 unspecified atom stereocenters. The van der Waals surface area contributed by atoms with Crippen LogP contribution in [0.2, 0.25) is 0 Å². The maximum Gasteiger partial charge on any atom is 0.308 e. The fourth-order valence-corrected chi connectivity index (χ4v) is 2.09. The molecule has 1 aromatic carbocycles. The standard InChI is InChI=1S/C15H20O4/c1-17-13-7-5-12(6-8-13)11-19-14-4-2-3-9-18-15(16)10-14/h5-8,14H,2-4,9-11H2,1H3/t14-/m0/s1. The number of hydrogen-bond donors (Lipinski definition) is 0. The summed E-state index contributed by atoms with van der Waals surface area (Å²) in [7, 11) is 1.64. The van der Waals surface area contributed by atoms with Crippen LogP contribution in [0.4, 0.5) is 0 Å². The number of ether oxygens (including phenoxy) is 3. The Morgan fingerprint density at radius 2 is 2.05 bits per heavy atom. The van der Waals surface area contributed by atoms with E-state index in [2.05, 4.69) is 0 Å². The quantitative estimate of drug-likeness (QED) is 0.784. The third-order valence-electron chi connectivity index (χ3n) is 3.22. The van der Waals surface area contributed by atoms with E-state index >= 15 is 0 Å². The van der Waals surface area contributed by atoms with E-state index in [9.17, 15) is 4.79 Å². The number of esters is 1. The Morgan fingerprint density at radius 3 is 2.79 bits per heavy atom. The van der Waals surface area contributed by atoms with Crippen LogP contribution < -0.4 is 4.74 Å². The summed E-state index contributed by atoms with van der Waals surface area (Å²) in [4.78, 5) is 11.4. The van der Waals surface area contributed by atoms with Gasteiger partial charge in [-0.05, 0) is 37.0 Å². The molecule has 0 saturated carbocycles. The van der Waals surface area contributed by atoms with Gasteiger partial charge in [-0.15, -0.1) is 0 Å². The van der Waals surface area contributed by atoms with Crippen molar-refractivity contribution >= 4 is 5.97 Å². The average molecular weight is 264 g/mol. The molecule has 0 bridgehead atoms. The van der Waals surface area contributed by atoms with Gasteiger partial charge in [-0.2, -0.15) is 0 Å². The number of benzene rings is 1. The Kier molecular flexibility index (Phi) is 5.21. The lowest BCUT2D eigenvalue weighted by molar-refractivity contribution is -0.148. The molecule has 0 N–H and O–H groups in total. The highest BCUT2D eigenvalue weighted by atomic mass is 16.5. The summed E-state index contributed by atoms with van der Waals surface area (Å²) in [6.45, 7) is 1.06. The van der Waals surface area contributed by atoms with Crippen molar-refractivity contribution in [3.8, 4) is 5.75 Å². The van der Waals surface area contributed by atoms with Gasteiger partial charge < -0.3 is 14.2 Å². The molecule has 1 heterocycles. The normalized spacial score (nSPS) is 20.3. The van der Waals surface area contributed by atoms with Crippen molar-refractivity contribution in [2.24, 2.45) is 0 Å². The van der Waals surface area contributed by atoms with Crippen molar-refractivity contribution < 1.29 is 19.0 Å². The van der Waals surface area contributed by atoms with Crippen molar-refractivity contribution in [2.75, 3.05) is 13.7 Å². The summed E-state index contributed by atoms with van der Waals surface area (Å²) in [5.41, 5.74) is 1.08. The van der Waals surface area contributed by atoms with E-state index in [4.69, 9.17) is 14.2 Å². The first-order valence-electron chi connectivity index (χ1n) is 6.68. The van der Waals surface area contributed by atoms with E-state index in [0.717, 1.165) is 30.6 Å². The van der Waals surface area contributed by atoms with Gasteiger partial charge in [0.15, 0.2) is 0 Å². The minimum absolute atomic E-state index is 0.0325.